The van der Waals surface area contributed by atoms with E-state index >= 15 is 0 Å². The van der Waals surface area contributed by atoms with E-state index in [0.29, 0.717) is 0 Å². The molecular weight excluding hydrogens is 130 g/mol. The van der Waals surface area contributed by atoms with Crippen LogP contribution in [0.15, 0.2) is 4.99 Å². The van der Waals surface area contributed by atoms with Crippen molar-refractivity contribution in [2.24, 2.45) is 4.99 Å². The van der Waals surface area contributed by atoms with E-state index in [1.54, 1.807) is 0 Å². The zero-order valence-electron chi connectivity index (χ0n) is 3.75. The van der Waals surface area contributed by atoms with Crippen molar-refractivity contribution < 1.29 is 4.79 Å². The molecule has 0 fully saturated rings. The van der Waals surface area contributed by atoms with Gasteiger partial charge in [-0.1, -0.05) is 0 Å². The molecule has 2 nitrogen and oxygen atoms in total. The number of hydrogen-bond acceptors (Lipinski definition) is 1. The topological polar surface area (TPSA) is 29.4 Å². The van der Waals surface area contributed by atoms with E-state index in [0.717, 1.165) is 0 Å². The van der Waals surface area contributed by atoms with Crippen LogP contribution in [-0.4, -0.2) is 10.3 Å². The summed E-state index contributed by atoms with van der Waals surface area (Å²) in [4.78, 5) is 13.3. The van der Waals surface area contributed by atoms with E-state index < -0.39 is 0 Å². The van der Waals surface area contributed by atoms with Crippen molar-refractivity contribution in [3.05, 3.63) is 0 Å². The number of nitrogens with zero attached hydrogens (tertiary/aromatic N) is 1. The fourth-order valence-corrected chi connectivity index (χ4v) is 0.422. The number of carbonyl (C=O) groups excluding carboxylic acids is 1. The highest BCUT2D eigenvalue weighted by atomic mass is 32.2. The van der Waals surface area contributed by atoms with Crippen LogP contribution < -0.4 is 0 Å². The highest BCUT2D eigenvalue weighted by molar-refractivity contribution is 8.23. The molecule has 1 amide bonds. The zero-order valence-corrected chi connectivity index (χ0v) is 5.54. The summed E-state index contributed by atoms with van der Waals surface area (Å²) in [6, 6.07) is 0. The Balaban J connectivity index is 3.68. The van der Waals surface area contributed by atoms with Gasteiger partial charge in [0.25, 0.3) is 0 Å². The van der Waals surface area contributed by atoms with Crippen molar-refractivity contribution in [2.75, 3.05) is 0 Å². The molecule has 0 saturated heterocycles. The maximum absolute atomic E-state index is 9.97. The monoisotopic (exact) mass is 135 g/mol. The first-order valence-electron chi connectivity index (χ1n) is 1.60. The van der Waals surface area contributed by atoms with Crippen LogP contribution in [0, 0.1) is 0 Å². The van der Waals surface area contributed by atoms with Gasteiger partial charge in [-0.3, -0.25) is 4.79 Å². The largest absolute Gasteiger partial charge is 0.273 e. The van der Waals surface area contributed by atoms with Crippen molar-refractivity contribution in [1.82, 2.24) is 0 Å². The summed E-state index contributed by atoms with van der Waals surface area (Å²) in [5, 5.41) is 0. The molecule has 7 heavy (non-hydrogen) atoms. The molecule has 0 atom stereocenters. The minimum Gasteiger partial charge on any atom is -0.273 e. The smallest absolute Gasteiger partial charge is 0.244 e. The molecule has 0 aliphatic heterocycles. The third kappa shape index (κ3) is 6.04. The molecule has 0 saturated carbocycles. The SMILES string of the molecule is CC(=O)N=C(S)S. The molecule has 0 unspecified atom stereocenters. The Morgan fingerprint density at radius 3 is 2.00 bits per heavy atom. The van der Waals surface area contributed by atoms with Crippen LogP contribution in [0.4, 0.5) is 0 Å². The number of amides is 1. The predicted molar refractivity (Wildman–Crippen MR) is 36.1 cm³/mol. The molecule has 0 N–H and O–H groups in total. The Bertz CT molecular complexity index is 106. The van der Waals surface area contributed by atoms with Crippen LogP contribution >= 0.6 is 25.3 Å². The lowest BCUT2D eigenvalue weighted by molar-refractivity contribution is -0.115. The minimum atomic E-state index is -0.278. The Morgan fingerprint density at radius 1 is 1.57 bits per heavy atom. The van der Waals surface area contributed by atoms with Gasteiger partial charge in [-0.05, 0) is 0 Å². The van der Waals surface area contributed by atoms with Crippen molar-refractivity contribution in [3.8, 4) is 0 Å². The van der Waals surface area contributed by atoms with E-state index in [4.69, 9.17) is 0 Å². The lowest BCUT2D eigenvalue weighted by Crippen LogP contribution is -1.83. The summed E-state index contributed by atoms with van der Waals surface area (Å²) < 4.78 is 0.201. The second kappa shape index (κ2) is 3.10. The van der Waals surface area contributed by atoms with Gasteiger partial charge in [-0.2, -0.15) is 0 Å². The van der Waals surface area contributed by atoms with Crippen LogP contribution in [0.1, 0.15) is 6.92 Å². The van der Waals surface area contributed by atoms with E-state index in [2.05, 4.69) is 30.2 Å². The number of rotatable bonds is 0. The molecule has 0 aliphatic carbocycles. The van der Waals surface area contributed by atoms with Crippen molar-refractivity contribution in [1.29, 1.82) is 0 Å². The first-order chi connectivity index (χ1) is 3.13. The number of carbonyl (C=O) groups is 1. The highest BCUT2D eigenvalue weighted by Gasteiger charge is 1.83. The van der Waals surface area contributed by atoms with Crippen LogP contribution in [0.25, 0.3) is 0 Å². The summed E-state index contributed by atoms with van der Waals surface area (Å²) in [5.74, 6) is -0.278. The van der Waals surface area contributed by atoms with E-state index in [-0.39, 0.29) is 10.3 Å². The molecular formula is C3H5NOS2. The second-order valence-corrected chi connectivity index (χ2v) is 2.13. The second-order valence-electron chi connectivity index (χ2n) is 0.931. The Hall–Kier alpha value is 0.0400. The maximum atomic E-state index is 9.97. The third-order valence-electron chi connectivity index (χ3n) is 0.257. The third-order valence-corrected chi connectivity index (χ3v) is 0.457. The first-order valence-corrected chi connectivity index (χ1v) is 2.49. The molecule has 0 bridgehead atoms. The summed E-state index contributed by atoms with van der Waals surface area (Å²) in [5.41, 5.74) is 0. The lowest BCUT2D eigenvalue weighted by atomic mass is 10.8. The predicted octanol–water partition coefficient (Wildman–Crippen LogP) is 0.748. The van der Waals surface area contributed by atoms with Crippen LogP contribution in [-0.2, 0) is 4.79 Å². The minimum absolute atomic E-state index is 0.201. The number of thiol groups is 2. The van der Waals surface area contributed by atoms with Crippen molar-refractivity contribution in [2.45, 2.75) is 6.92 Å². The number of hydrogen-bond donors (Lipinski definition) is 2. The quantitative estimate of drug-likeness (QED) is 0.286. The molecule has 0 aromatic rings. The van der Waals surface area contributed by atoms with Gasteiger partial charge in [0.05, 0.1) is 0 Å². The molecule has 0 spiro atoms. The van der Waals surface area contributed by atoms with E-state index in [9.17, 15) is 4.79 Å². The number of aliphatic imine (C=N–C) groups is 1. The van der Waals surface area contributed by atoms with Crippen LogP contribution in [0.2, 0.25) is 0 Å². The Morgan fingerprint density at radius 2 is 2.00 bits per heavy atom. The van der Waals surface area contributed by atoms with Gasteiger partial charge in [0.15, 0.2) is 0 Å². The van der Waals surface area contributed by atoms with Gasteiger partial charge < -0.3 is 0 Å². The average molecular weight is 135 g/mol. The lowest BCUT2D eigenvalue weighted by Gasteiger charge is -1.78. The first kappa shape index (κ1) is 7.04. The molecule has 4 heteroatoms. The standard InChI is InChI=1S/C3H5NOS2/c1-2(5)4-3(6)7/h1H3,(H2,4,5,6,7). The summed E-state index contributed by atoms with van der Waals surface area (Å²) in [6.45, 7) is 1.34. The van der Waals surface area contributed by atoms with Gasteiger partial charge in [0.1, 0.15) is 4.38 Å². The average Bonchev–Trinajstić information content (AvgIpc) is 1.27. The van der Waals surface area contributed by atoms with Gasteiger partial charge in [0.2, 0.25) is 5.91 Å². The summed E-state index contributed by atoms with van der Waals surface area (Å²) >= 11 is 7.26. The van der Waals surface area contributed by atoms with Crippen molar-refractivity contribution >= 4 is 35.5 Å². The molecule has 40 valence electrons. The molecule has 0 heterocycles. The fourth-order valence-electron chi connectivity index (χ4n) is 0.141. The molecule has 0 rings (SSSR count). The fraction of sp³-hybridized carbons (Fsp3) is 0.333. The van der Waals surface area contributed by atoms with Crippen LogP contribution in [0.5, 0.6) is 0 Å². The van der Waals surface area contributed by atoms with E-state index in [1.165, 1.54) is 6.92 Å². The maximum Gasteiger partial charge on any atom is 0.244 e. The van der Waals surface area contributed by atoms with Gasteiger partial charge in [-0.15, -0.1) is 25.3 Å². The summed E-state index contributed by atoms with van der Waals surface area (Å²) in [6.07, 6.45) is 0. The van der Waals surface area contributed by atoms with Crippen LogP contribution in [0.3, 0.4) is 0 Å². The molecule has 0 radical (unpaired) electrons. The normalized spacial score (nSPS) is 7.86. The molecule has 0 aromatic heterocycles. The molecule has 0 aromatic carbocycles. The Labute approximate surface area is 52.8 Å². The van der Waals surface area contributed by atoms with Crippen molar-refractivity contribution in [3.63, 3.8) is 0 Å². The van der Waals surface area contributed by atoms with Gasteiger partial charge in [-0.25, -0.2) is 4.99 Å². The van der Waals surface area contributed by atoms with E-state index in [1.807, 2.05) is 0 Å². The zero-order chi connectivity index (χ0) is 5.86. The highest BCUT2D eigenvalue weighted by Crippen LogP contribution is 1.88. The van der Waals surface area contributed by atoms with Gasteiger partial charge >= 0.3 is 0 Å². The Kier molecular flexibility index (Phi) is 3.11. The summed E-state index contributed by atoms with van der Waals surface area (Å²) in [7, 11) is 0. The molecule has 0 aliphatic rings. The van der Waals surface area contributed by atoms with Gasteiger partial charge in [0, 0.05) is 6.92 Å².